The van der Waals surface area contributed by atoms with Crippen molar-refractivity contribution in [1.82, 2.24) is 4.98 Å². The van der Waals surface area contributed by atoms with Crippen LogP contribution in [0.1, 0.15) is 39.9 Å². The van der Waals surface area contributed by atoms with Crippen LogP contribution in [-0.2, 0) is 6.42 Å². The van der Waals surface area contributed by atoms with Crippen LogP contribution in [-0.4, -0.2) is 17.4 Å². The number of aryl methyl sites for hydroxylation is 2. The van der Waals surface area contributed by atoms with E-state index in [1.165, 1.54) is 0 Å². The molecule has 3 nitrogen and oxygen atoms in total. The van der Waals surface area contributed by atoms with Gasteiger partial charge in [0.25, 0.3) is 0 Å². The molecule has 0 saturated carbocycles. The Morgan fingerprint density at radius 1 is 1.25 bits per heavy atom. The quantitative estimate of drug-likeness (QED) is 0.783. The number of pyridine rings is 1. The van der Waals surface area contributed by atoms with Crippen molar-refractivity contribution in [3.8, 4) is 5.75 Å². The molecule has 0 saturated heterocycles. The van der Waals surface area contributed by atoms with Crippen LogP contribution >= 0.6 is 0 Å². The molecule has 2 heterocycles. The first-order valence-corrected chi connectivity index (χ1v) is 6.97. The molecule has 0 unspecified atom stereocenters. The van der Waals surface area contributed by atoms with Gasteiger partial charge < -0.3 is 4.74 Å². The van der Waals surface area contributed by atoms with Gasteiger partial charge in [-0.3, -0.25) is 9.78 Å². The van der Waals surface area contributed by atoms with Gasteiger partial charge in [0.2, 0.25) is 0 Å². The number of carbonyl (C=O) groups excluding carboxylic acids is 1. The molecule has 102 valence electrons. The van der Waals surface area contributed by atoms with Gasteiger partial charge in [0, 0.05) is 23.5 Å². The number of carbonyl (C=O) groups is 1. The molecule has 3 heteroatoms. The first-order chi connectivity index (χ1) is 9.75. The van der Waals surface area contributed by atoms with Crippen LogP contribution in [0.3, 0.4) is 0 Å². The Hall–Kier alpha value is -2.16. The van der Waals surface area contributed by atoms with Crippen LogP contribution in [0.4, 0.5) is 0 Å². The maximum atomic E-state index is 12.5. The van der Waals surface area contributed by atoms with E-state index in [0.29, 0.717) is 5.56 Å². The molecular formula is C17H17NO2. The maximum Gasteiger partial charge on any atom is 0.194 e. The van der Waals surface area contributed by atoms with Gasteiger partial charge in [0.15, 0.2) is 5.78 Å². The highest BCUT2D eigenvalue weighted by Gasteiger charge is 2.17. The number of ether oxygens (including phenoxy) is 1. The van der Waals surface area contributed by atoms with Crippen LogP contribution in [0.5, 0.6) is 5.75 Å². The van der Waals surface area contributed by atoms with Crippen molar-refractivity contribution in [3.05, 3.63) is 58.9 Å². The SMILES string of the molecule is Cc1cc(C(=O)c2cccnc2)cc2c1OCCCC2. The highest BCUT2D eigenvalue weighted by Crippen LogP contribution is 2.30. The van der Waals surface area contributed by atoms with E-state index in [1.807, 2.05) is 19.1 Å². The number of ketones is 1. The molecule has 20 heavy (non-hydrogen) atoms. The van der Waals surface area contributed by atoms with Gasteiger partial charge in [-0.2, -0.15) is 0 Å². The van der Waals surface area contributed by atoms with E-state index >= 15 is 0 Å². The number of fused-ring (bicyclic) bond motifs is 1. The lowest BCUT2D eigenvalue weighted by atomic mass is 9.97. The average Bonchev–Trinajstić information content (AvgIpc) is 2.73. The van der Waals surface area contributed by atoms with Crippen molar-refractivity contribution in [2.45, 2.75) is 26.2 Å². The number of aromatic nitrogens is 1. The lowest BCUT2D eigenvalue weighted by Gasteiger charge is -2.12. The summed E-state index contributed by atoms with van der Waals surface area (Å²) in [6, 6.07) is 7.47. The van der Waals surface area contributed by atoms with Gasteiger partial charge in [-0.25, -0.2) is 0 Å². The second-order valence-corrected chi connectivity index (χ2v) is 5.16. The summed E-state index contributed by atoms with van der Waals surface area (Å²) < 4.78 is 5.80. The standard InChI is InChI=1S/C17H17NO2/c1-12-9-15(16(19)14-6-4-7-18-11-14)10-13-5-2-3-8-20-17(12)13/h4,6-7,9-11H,2-3,5,8H2,1H3. The molecule has 1 aliphatic heterocycles. The third kappa shape index (κ3) is 2.44. The highest BCUT2D eigenvalue weighted by atomic mass is 16.5. The molecule has 0 radical (unpaired) electrons. The third-order valence-corrected chi connectivity index (χ3v) is 3.62. The van der Waals surface area contributed by atoms with Gasteiger partial charge >= 0.3 is 0 Å². The van der Waals surface area contributed by atoms with Crippen LogP contribution in [0, 0.1) is 6.92 Å². The minimum absolute atomic E-state index is 0.0215. The number of hydrogen-bond donors (Lipinski definition) is 0. The van der Waals surface area contributed by atoms with E-state index in [0.717, 1.165) is 48.3 Å². The Bertz CT molecular complexity index is 635. The molecule has 0 amide bonds. The van der Waals surface area contributed by atoms with Crippen LogP contribution < -0.4 is 4.74 Å². The number of hydrogen-bond acceptors (Lipinski definition) is 3. The first-order valence-electron chi connectivity index (χ1n) is 6.97. The predicted octanol–water partition coefficient (Wildman–Crippen LogP) is 3.34. The van der Waals surface area contributed by atoms with Crippen molar-refractivity contribution in [1.29, 1.82) is 0 Å². The summed E-state index contributed by atoms with van der Waals surface area (Å²) in [5, 5.41) is 0. The monoisotopic (exact) mass is 267 g/mol. The van der Waals surface area contributed by atoms with Crippen molar-refractivity contribution >= 4 is 5.78 Å². The van der Waals surface area contributed by atoms with E-state index in [2.05, 4.69) is 4.98 Å². The zero-order valence-corrected chi connectivity index (χ0v) is 11.6. The smallest absolute Gasteiger partial charge is 0.194 e. The molecule has 0 spiro atoms. The van der Waals surface area contributed by atoms with E-state index in [4.69, 9.17) is 4.74 Å². The summed E-state index contributed by atoms with van der Waals surface area (Å²) in [7, 11) is 0. The second kappa shape index (κ2) is 5.45. The number of nitrogens with zero attached hydrogens (tertiary/aromatic N) is 1. The number of benzene rings is 1. The maximum absolute atomic E-state index is 12.5. The Morgan fingerprint density at radius 3 is 2.95 bits per heavy atom. The molecule has 0 N–H and O–H groups in total. The van der Waals surface area contributed by atoms with Crippen molar-refractivity contribution in [2.75, 3.05) is 6.61 Å². The lowest BCUT2D eigenvalue weighted by molar-refractivity contribution is 0.103. The third-order valence-electron chi connectivity index (χ3n) is 3.62. The fourth-order valence-corrected chi connectivity index (χ4v) is 2.63. The fraction of sp³-hybridized carbons (Fsp3) is 0.294. The normalized spacial score (nSPS) is 14.1. The molecule has 2 aromatic rings. The lowest BCUT2D eigenvalue weighted by Crippen LogP contribution is -2.05. The zero-order valence-electron chi connectivity index (χ0n) is 11.6. The van der Waals surface area contributed by atoms with Gasteiger partial charge in [-0.15, -0.1) is 0 Å². The Labute approximate surface area is 118 Å². The van der Waals surface area contributed by atoms with Gasteiger partial charge in [-0.1, -0.05) is 0 Å². The van der Waals surface area contributed by atoms with E-state index in [1.54, 1.807) is 24.5 Å². The summed E-state index contributed by atoms with van der Waals surface area (Å²) in [5.74, 6) is 0.985. The summed E-state index contributed by atoms with van der Waals surface area (Å²) in [5.41, 5.74) is 3.53. The molecule has 0 fully saturated rings. The van der Waals surface area contributed by atoms with Gasteiger partial charge in [-0.05, 0) is 61.6 Å². The van der Waals surface area contributed by atoms with Crippen LogP contribution in [0.15, 0.2) is 36.7 Å². The molecule has 0 atom stereocenters. The summed E-state index contributed by atoms with van der Waals surface area (Å²) in [6.45, 7) is 2.77. The fourth-order valence-electron chi connectivity index (χ4n) is 2.63. The Morgan fingerprint density at radius 2 is 2.15 bits per heavy atom. The molecule has 1 aromatic heterocycles. The molecule has 0 bridgehead atoms. The minimum atomic E-state index is 0.0215. The second-order valence-electron chi connectivity index (χ2n) is 5.16. The summed E-state index contributed by atoms with van der Waals surface area (Å²) in [4.78, 5) is 16.5. The predicted molar refractivity (Wildman–Crippen MR) is 77.3 cm³/mol. The molecule has 1 aromatic carbocycles. The van der Waals surface area contributed by atoms with Crippen molar-refractivity contribution in [2.24, 2.45) is 0 Å². The van der Waals surface area contributed by atoms with E-state index < -0.39 is 0 Å². The average molecular weight is 267 g/mol. The molecule has 3 rings (SSSR count). The molecule has 1 aliphatic rings. The van der Waals surface area contributed by atoms with E-state index in [9.17, 15) is 4.79 Å². The summed E-state index contributed by atoms with van der Waals surface area (Å²) >= 11 is 0. The topological polar surface area (TPSA) is 39.2 Å². The number of rotatable bonds is 2. The Balaban J connectivity index is 2.01. The van der Waals surface area contributed by atoms with Crippen molar-refractivity contribution in [3.63, 3.8) is 0 Å². The molecular weight excluding hydrogens is 250 g/mol. The minimum Gasteiger partial charge on any atom is -0.493 e. The van der Waals surface area contributed by atoms with Crippen LogP contribution in [0.2, 0.25) is 0 Å². The van der Waals surface area contributed by atoms with E-state index in [-0.39, 0.29) is 5.78 Å². The molecule has 0 aliphatic carbocycles. The largest absolute Gasteiger partial charge is 0.493 e. The Kier molecular flexibility index (Phi) is 3.50. The first kappa shape index (κ1) is 12.9. The van der Waals surface area contributed by atoms with Crippen LogP contribution in [0.25, 0.3) is 0 Å². The van der Waals surface area contributed by atoms with Gasteiger partial charge in [0.05, 0.1) is 6.61 Å². The zero-order chi connectivity index (χ0) is 13.9. The highest BCUT2D eigenvalue weighted by molar-refractivity contribution is 6.09. The van der Waals surface area contributed by atoms with Crippen molar-refractivity contribution < 1.29 is 9.53 Å². The summed E-state index contributed by atoms with van der Waals surface area (Å²) in [6.07, 6.45) is 6.44. The van der Waals surface area contributed by atoms with Gasteiger partial charge in [0.1, 0.15) is 5.75 Å².